The van der Waals surface area contributed by atoms with Gasteiger partial charge in [0.25, 0.3) is 0 Å². The van der Waals surface area contributed by atoms with Gasteiger partial charge in [-0.3, -0.25) is 4.90 Å². The Kier molecular flexibility index (Phi) is 6.27. The highest BCUT2D eigenvalue weighted by atomic mass is 32.2. The van der Waals surface area contributed by atoms with Crippen LogP contribution < -0.4 is 5.32 Å². The third-order valence-corrected chi connectivity index (χ3v) is 5.48. The van der Waals surface area contributed by atoms with Gasteiger partial charge in [0.2, 0.25) is 0 Å². The Hall–Kier alpha value is -0.710. The Balaban J connectivity index is 2.16. The molecule has 0 unspecified atom stereocenters. The molecule has 1 aliphatic heterocycles. The van der Waals surface area contributed by atoms with Gasteiger partial charge in [-0.1, -0.05) is 41.5 Å². The number of hydrogen-bond acceptors (Lipinski definition) is 3. The molecule has 0 atom stereocenters. The standard InChI is InChI=1S/C20H33N2OS/c1-19(2,3)16-13-15(14-17(18(16)23)20(4,5)6)24-12-11-22-9-7-21-8-10-22/h13-14,23H,7-12H2,1-6H3. The number of aromatic hydroxyl groups is 1. The first kappa shape index (κ1) is 19.6. The van der Waals surface area contributed by atoms with Crippen LogP contribution in [0.4, 0.5) is 0 Å². The zero-order valence-electron chi connectivity index (χ0n) is 16.1. The van der Waals surface area contributed by atoms with Crippen LogP contribution in [0.1, 0.15) is 52.7 Å². The average molecular weight is 350 g/mol. The average Bonchev–Trinajstić information content (AvgIpc) is 2.47. The summed E-state index contributed by atoms with van der Waals surface area (Å²) in [7, 11) is 0. The summed E-state index contributed by atoms with van der Waals surface area (Å²) < 4.78 is 0. The predicted octanol–water partition coefficient (Wildman–Crippen LogP) is 4.00. The Labute approximate surface area is 152 Å². The third-order valence-electron chi connectivity index (χ3n) is 4.52. The lowest BCUT2D eigenvalue weighted by molar-refractivity contribution is 0.252. The summed E-state index contributed by atoms with van der Waals surface area (Å²) in [5, 5.41) is 15.2. The number of nitrogens with zero attached hydrogens (tertiary/aromatic N) is 2. The SMILES string of the molecule is CC(C)(C)c1cc(SCCN2CC[N]CC2)cc(C(C)(C)C)c1O. The van der Waals surface area contributed by atoms with Crippen molar-refractivity contribution in [3.63, 3.8) is 0 Å². The molecule has 24 heavy (non-hydrogen) atoms. The Bertz CT molecular complexity index is 517. The number of phenolic OH excluding ortho intramolecular Hbond substituents is 1. The van der Waals surface area contributed by atoms with Crippen LogP contribution in [0.2, 0.25) is 0 Å². The van der Waals surface area contributed by atoms with Crippen molar-refractivity contribution in [2.45, 2.75) is 57.3 Å². The summed E-state index contributed by atoms with van der Waals surface area (Å²) in [4.78, 5) is 3.76. The topological polar surface area (TPSA) is 37.6 Å². The van der Waals surface area contributed by atoms with Gasteiger partial charge in [0.15, 0.2) is 0 Å². The summed E-state index contributed by atoms with van der Waals surface area (Å²) in [6.07, 6.45) is 0. The van der Waals surface area contributed by atoms with E-state index in [9.17, 15) is 5.11 Å². The largest absolute Gasteiger partial charge is 0.507 e. The van der Waals surface area contributed by atoms with Crippen molar-refractivity contribution in [2.75, 3.05) is 38.5 Å². The van der Waals surface area contributed by atoms with Crippen molar-refractivity contribution in [1.29, 1.82) is 0 Å². The van der Waals surface area contributed by atoms with E-state index in [2.05, 4.69) is 63.9 Å². The van der Waals surface area contributed by atoms with Crippen LogP contribution in [0.5, 0.6) is 5.75 Å². The molecule has 0 spiro atoms. The highest BCUT2D eigenvalue weighted by Gasteiger charge is 2.26. The van der Waals surface area contributed by atoms with Crippen molar-refractivity contribution in [3.05, 3.63) is 23.3 Å². The fourth-order valence-corrected chi connectivity index (χ4v) is 3.99. The van der Waals surface area contributed by atoms with E-state index in [1.54, 1.807) is 0 Å². The molecule has 2 rings (SSSR count). The van der Waals surface area contributed by atoms with Crippen molar-refractivity contribution in [2.24, 2.45) is 0 Å². The molecule has 0 aromatic heterocycles. The second-order valence-electron chi connectivity index (χ2n) is 8.73. The van der Waals surface area contributed by atoms with Gasteiger partial charge >= 0.3 is 0 Å². The molecule has 0 aliphatic carbocycles. The van der Waals surface area contributed by atoms with E-state index >= 15 is 0 Å². The first-order chi connectivity index (χ1) is 11.1. The van der Waals surface area contributed by atoms with E-state index in [0.717, 1.165) is 49.6 Å². The maximum atomic E-state index is 10.8. The summed E-state index contributed by atoms with van der Waals surface area (Å²) >= 11 is 1.90. The lowest BCUT2D eigenvalue weighted by Gasteiger charge is -2.28. The molecular weight excluding hydrogens is 316 g/mol. The molecule has 1 radical (unpaired) electrons. The van der Waals surface area contributed by atoms with Gasteiger partial charge < -0.3 is 5.11 Å². The monoisotopic (exact) mass is 349 g/mol. The quantitative estimate of drug-likeness (QED) is 0.835. The van der Waals surface area contributed by atoms with Crippen LogP contribution in [0.25, 0.3) is 0 Å². The second kappa shape index (κ2) is 7.67. The van der Waals surface area contributed by atoms with Gasteiger partial charge in [-0.05, 0) is 23.0 Å². The molecule has 0 amide bonds. The first-order valence-electron chi connectivity index (χ1n) is 8.95. The predicted molar refractivity (Wildman–Crippen MR) is 105 cm³/mol. The van der Waals surface area contributed by atoms with E-state index in [4.69, 9.17) is 0 Å². The van der Waals surface area contributed by atoms with Crippen LogP contribution >= 0.6 is 11.8 Å². The number of phenols is 1. The van der Waals surface area contributed by atoms with Gasteiger partial charge in [-0.2, -0.15) is 0 Å². The zero-order chi connectivity index (χ0) is 18.0. The van der Waals surface area contributed by atoms with Crippen molar-refractivity contribution in [3.8, 4) is 5.75 Å². The van der Waals surface area contributed by atoms with Crippen LogP contribution in [-0.4, -0.2) is 48.5 Å². The molecule has 1 aliphatic rings. The zero-order valence-corrected chi connectivity index (χ0v) is 17.0. The van der Waals surface area contributed by atoms with E-state index in [-0.39, 0.29) is 10.8 Å². The number of piperazine rings is 1. The second-order valence-corrected chi connectivity index (χ2v) is 9.90. The summed E-state index contributed by atoms with van der Waals surface area (Å²) in [5.41, 5.74) is 1.98. The van der Waals surface area contributed by atoms with Crippen molar-refractivity contribution >= 4 is 11.8 Å². The Morgan fingerprint density at radius 3 is 1.96 bits per heavy atom. The smallest absolute Gasteiger partial charge is 0.123 e. The maximum absolute atomic E-state index is 10.8. The third kappa shape index (κ3) is 5.14. The van der Waals surface area contributed by atoms with Crippen LogP contribution in [-0.2, 0) is 10.8 Å². The summed E-state index contributed by atoms with van der Waals surface area (Å²) in [6, 6.07) is 4.36. The van der Waals surface area contributed by atoms with Crippen LogP contribution in [0.3, 0.4) is 0 Å². The lowest BCUT2D eigenvalue weighted by Crippen LogP contribution is -2.41. The number of rotatable bonds is 4. The molecule has 3 nitrogen and oxygen atoms in total. The number of thioether (sulfide) groups is 1. The van der Waals surface area contributed by atoms with Crippen LogP contribution in [0.15, 0.2) is 17.0 Å². The minimum Gasteiger partial charge on any atom is -0.507 e. The van der Waals surface area contributed by atoms with Gasteiger partial charge in [-0.15, -0.1) is 11.8 Å². The van der Waals surface area contributed by atoms with Gasteiger partial charge in [0, 0.05) is 54.5 Å². The molecule has 1 aromatic carbocycles. The minimum absolute atomic E-state index is 0.0605. The van der Waals surface area contributed by atoms with Crippen molar-refractivity contribution in [1.82, 2.24) is 10.2 Å². The summed E-state index contributed by atoms with van der Waals surface area (Å²) in [5.74, 6) is 1.55. The molecule has 0 saturated carbocycles. The van der Waals surface area contributed by atoms with Crippen molar-refractivity contribution < 1.29 is 5.11 Å². The van der Waals surface area contributed by atoms with Gasteiger partial charge in [-0.25, -0.2) is 5.32 Å². The fraction of sp³-hybridized carbons (Fsp3) is 0.700. The fourth-order valence-electron chi connectivity index (χ4n) is 3.00. The van der Waals surface area contributed by atoms with Crippen LogP contribution in [0, 0.1) is 0 Å². The molecule has 1 saturated heterocycles. The van der Waals surface area contributed by atoms with E-state index in [1.807, 2.05) is 11.8 Å². The van der Waals surface area contributed by atoms with Gasteiger partial charge in [0.05, 0.1) is 0 Å². The normalized spacial score (nSPS) is 17.2. The molecule has 4 heteroatoms. The minimum atomic E-state index is -0.0605. The summed E-state index contributed by atoms with van der Waals surface area (Å²) in [6.45, 7) is 18.3. The highest BCUT2D eigenvalue weighted by Crippen LogP contribution is 2.41. The highest BCUT2D eigenvalue weighted by molar-refractivity contribution is 7.99. The number of hydrogen-bond donors (Lipinski definition) is 1. The molecule has 1 heterocycles. The first-order valence-corrected chi connectivity index (χ1v) is 9.94. The number of benzene rings is 1. The molecule has 1 N–H and O–H groups in total. The molecular formula is C20H33N2OS. The molecule has 135 valence electrons. The molecule has 0 bridgehead atoms. The van der Waals surface area contributed by atoms with E-state index in [1.165, 1.54) is 4.90 Å². The van der Waals surface area contributed by atoms with E-state index in [0.29, 0.717) is 5.75 Å². The Morgan fingerprint density at radius 1 is 1.00 bits per heavy atom. The maximum Gasteiger partial charge on any atom is 0.123 e. The van der Waals surface area contributed by atoms with E-state index < -0.39 is 0 Å². The molecule has 1 fully saturated rings. The van der Waals surface area contributed by atoms with Gasteiger partial charge in [0.1, 0.15) is 5.75 Å². The molecule has 1 aromatic rings. The lowest BCUT2D eigenvalue weighted by atomic mass is 9.79. The Morgan fingerprint density at radius 2 is 1.50 bits per heavy atom.